The van der Waals surface area contributed by atoms with Gasteiger partial charge in [0.1, 0.15) is 5.75 Å². The summed E-state index contributed by atoms with van der Waals surface area (Å²) in [7, 11) is 0. The number of carbonyl (C=O) groups excluding carboxylic acids is 1. The first-order valence-electron chi connectivity index (χ1n) is 5.34. The van der Waals surface area contributed by atoms with Gasteiger partial charge in [-0.05, 0) is 31.2 Å². The molecule has 0 saturated carbocycles. The summed E-state index contributed by atoms with van der Waals surface area (Å²) < 4.78 is 39.4. The molecule has 0 bridgehead atoms. The van der Waals surface area contributed by atoms with Crippen molar-refractivity contribution in [3.05, 3.63) is 24.3 Å². The van der Waals surface area contributed by atoms with Gasteiger partial charge in [-0.2, -0.15) is 0 Å². The number of nitrogens with one attached hydrogen (secondary N) is 2. The third-order valence-electron chi connectivity index (χ3n) is 2.00. The highest BCUT2D eigenvalue weighted by Gasteiger charge is 2.30. The molecule has 0 spiro atoms. The van der Waals surface area contributed by atoms with Crippen LogP contribution in [0.3, 0.4) is 0 Å². The van der Waals surface area contributed by atoms with Crippen molar-refractivity contribution in [2.24, 2.45) is 0 Å². The van der Waals surface area contributed by atoms with Crippen LogP contribution in [0, 0.1) is 0 Å². The molecule has 0 saturated heterocycles. The number of rotatable bonds is 4. The molecule has 3 N–H and O–H groups in total. The number of urea groups is 1. The fourth-order valence-corrected chi connectivity index (χ4v) is 1.18. The zero-order valence-electron chi connectivity index (χ0n) is 9.99. The van der Waals surface area contributed by atoms with Gasteiger partial charge in [0.2, 0.25) is 0 Å². The van der Waals surface area contributed by atoms with E-state index in [1.807, 2.05) is 0 Å². The number of ether oxygens (including phenoxy) is 1. The van der Waals surface area contributed by atoms with Gasteiger partial charge in [-0.15, -0.1) is 13.2 Å². The van der Waals surface area contributed by atoms with Gasteiger partial charge in [-0.3, -0.25) is 0 Å². The zero-order chi connectivity index (χ0) is 14.5. The minimum absolute atomic E-state index is 0.216. The largest absolute Gasteiger partial charge is 0.573 e. The fraction of sp³-hybridized carbons (Fsp3) is 0.364. The molecular weight excluding hydrogens is 265 g/mol. The summed E-state index contributed by atoms with van der Waals surface area (Å²) in [6.45, 7) is 1.38. The molecule has 2 amide bonds. The Morgan fingerprint density at radius 2 is 1.95 bits per heavy atom. The highest BCUT2D eigenvalue weighted by atomic mass is 19.4. The molecule has 1 rings (SSSR count). The third-order valence-corrected chi connectivity index (χ3v) is 2.00. The van der Waals surface area contributed by atoms with Crippen LogP contribution in [0.4, 0.5) is 23.7 Å². The van der Waals surface area contributed by atoms with Crippen molar-refractivity contribution in [3.8, 4) is 5.75 Å². The first kappa shape index (κ1) is 15.1. The predicted molar refractivity (Wildman–Crippen MR) is 61.8 cm³/mol. The van der Waals surface area contributed by atoms with E-state index in [1.54, 1.807) is 6.92 Å². The minimum Gasteiger partial charge on any atom is -0.406 e. The fourth-order valence-electron chi connectivity index (χ4n) is 1.18. The van der Waals surface area contributed by atoms with Crippen LogP contribution in [0.1, 0.15) is 6.92 Å². The molecule has 0 radical (unpaired) electrons. The van der Waals surface area contributed by atoms with Crippen LogP contribution in [0.25, 0.3) is 0 Å². The van der Waals surface area contributed by atoms with E-state index in [0.717, 1.165) is 12.1 Å². The van der Waals surface area contributed by atoms with E-state index in [-0.39, 0.29) is 12.4 Å². The normalized spacial score (nSPS) is 12.7. The van der Waals surface area contributed by atoms with Gasteiger partial charge < -0.3 is 20.5 Å². The average molecular weight is 278 g/mol. The first-order valence-corrected chi connectivity index (χ1v) is 5.34. The lowest BCUT2D eigenvalue weighted by Gasteiger charge is -2.12. The Balaban J connectivity index is 2.55. The van der Waals surface area contributed by atoms with Crippen LogP contribution in [0.5, 0.6) is 5.75 Å². The molecule has 0 heterocycles. The molecule has 0 fully saturated rings. The summed E-state index contributed by atoms with van der Waals surface area (Å²) in [5.74, 6) is -0.373. The molecule has 1 atom stereocenters. The summed E-state index contributed by atoms with van der Waals surface area (Å²) in [6, 6.07) is 3.71. The lowest BCUT2D eigenvalue weighted by atomic mass is 10.3. The average Bonchev–Trinajstić information content (AvgIpc) is 2.29. The topological polar surface area (TPSA) is 70.6 Å². The summed E-state index contributed by atoms with van der Waals surface area (Å²) in [5, 5.41) is 13.5. The molecule has 8 heteroatoms. The van der Waals surface area contributed by atoms with Crippen LogP contribution >= 0.6 is 0 Å². The first-order chi connectivity index (χ1) is 8.80. The number of hydrogen-bond acceptors (Lipinski definition) is 3. The quantitative estimate of drug-likeness (QED) is 0.789. The van der Waals surface area contributed by atoms with Crippen molar-refractivity contribution < 1.29 is 27.8 Å². The van der Waals surface area contributed by atoms with E-state index in [0.29, 0.717) is 5.69 Å². The standard InChI is InChI=1S/C11H13F3N2O3/c1-7(6-17)15-10(18)16-8-2-4-9(5-3-8)19-11(12,13)14/h2-5,7,17H,6H2,1H3,(H2,15,16,18)/t7-/m1/s1. The Bertz CT molecular complexity index is 420. The van der Waals surface area contributed by atoms with Crippen LogP contribution in [0.15, 0.2) is 24.3 Å². The number of anilines is 1. The Labute approximate surface area is 107 Å². The summed E-state index contributed by atoms with van der Waals surface area (Å²) >= 11 is 0. The molecule has 0 aliphatic carbocycles. The molecule has 0 aromatic heterocycles. The third kappa shape index (κ3) is 5.96. The van der Waals surface area contributed by atoms with E-state index < -0.39 is 18.4 Å². The van der Waals surface area contributed by atoms with Crippen LogP contribution < -0.4 is 15.4 Å². The molecule has 0 unspecified atom stereocenters. The van der Waals surface area contributed by atoms with E-state index >= 15 is 0 Å². The number of aliphatic hydroxyl groups excluding tert-OH is 1. The van der Waals surface area contributed by atoms with Crippen LogP contribution in [-0.4, -0.2) is 30.1 Å². The zero-order valence-corrected chi connectivity index (χ0v) is 9.99. The lowest BCUT2D eigenvalue weighted by molar-refractivity contribution is -0.274. The van der Waals surface area contributed by atoms with Gasteiger partial charge in [0.25, 0.3) is 0 Å². The van der Waals surface area contributed by atoms with E-state index in [1.165, 1.54) is 12.1 Å². The number of hydrogen-bond donors (Lipinski definition) is 3. The summed E-state index contributed by atoms with van der Waals surface area (Å²) in [5.41, 5.74) is 0.303. The highest BCUT2D eigenvalue weighted by molar-refractivity contribution is 5.89. The molecule has 19 heavy (non-hydrogen) atoms. The van der Waals surface area contributed by atoms with Crippen LogP contribution in [0.2, 0.25) is 0 Å². The summed E-state index contributed by atoms with van der Waals surface area (Å²) in [4.78, 5) is 11.4. The maximum absolute atomic E-state index is 11.9. The van der Waals surface area contributed by atoms with Crippen molar-refractivity contribution in [2.75, 3.05) is 11.9 Å². The van der Waals surface area contributed by atoms with Crippen LogP contribution in [-0.2, 0) is 0 Å². The molecule has 0 aliphatic heterocycles. The number of alkyl halides is 3. The van der Waals surface area contributed by atoms with E-state index in [9.17, 15) is 18.0 Å². The highest BCUT2D eigenvalue weighted by Crippen LogP contribution is 2.23. The maximum Gasteiger partial charge on any atom is 0.573 e. The molecule has 106 valence electrons. The second kappa shape index (κ2) is 6.28. The number of halogens is 3. The van der Waals surface area contributed by atoms with Crippen molar-refractivity contribution in [3.63, 3.8) is 0 Å². The van der Waals surface area contributed by atoms with Crippen molar-refractivity contribution in [1.82, 2.24) is 5.32 Å². The number of aliphatic hydroxyl groups is 1. The smallest absolute Gasteiger partial charge is 0.406 e. The Kier molecular flexibility index (Phi) is 4.99. The molecule has 1 aromatic rings. The monoisotopic (exact) mass is 278 g/mol. The number of carbonyl (C=O) groups is 1. The molecule has 0 aliphatic rings. The van der Waals surface area contributed by atoms with Crippen molar-refractivity contribution >= 4 is 11.7 Å². The lowest BCUT2D eigenvalue weighted by Crippen LogP contribution is -2.38. The van der Waals surface area contributed by atoms with Gasteiger partial charge >= 0.3 is 12.4 Å². The van der Waals surface area contributed by atoms with E-state index in [4.69, 9.17) is 5.11 Å². The molecular formula is C11H13F3N2O3. The Morgan fingerprint density at radius 3 is 2.42 bits per heavy atom. The van der Waals surface area contributed by atoms with Gasteiger partial charge in [-0.1, -0.05) is 0 Å². The number of benzene rings is 1. The van der Waals surface area contributed by atoms with Crippen molar-refractivity contribution in [2.45, 2.75) is 19.3 Å². The minimum atomic E-state index is -4.75. The van der Waals surface area contributed by atoms with Crippen molar-refractivity contribution in [1.29, 1.82) is 0 Å². The summed E-state index contributed by atoms with van der Waals surface area (Å²) in [6.07, 6.45) is -4.75. The molecule has 1 aromatic carbocycles. The van der Waals surface area contributed by atoms with Gasteiger partial charge in [-0.25, -0.2) is 4.79 Å². The second-order valence-electron chi connectivity index (χ2n) is 3.75. The predicted octanol–water partition coefficient (Wildman–Crippen LogP) is 2.09. The molecule has 5 nitrogen and oxygen atoms in total. The number of amides is 2. The SMILES string of the molecule is C[C@H](CO)NC(=O)Nc1ccc(OC(F)(F)F)cc1. The Morgan fingerprint density at radius 1 is 1.37 bits per heavy atom. The Hall–Kier alpha value is -1.96. The maximum atomic E-state index is 11.9. The van der Waals surface area contributed by atoms with Gasteiger partial charge in [0.15, 0.2) is 0 Å². The second-order valence-corrected chi connectivity index (χ2v) is 3.75. The van der Waals surface area contributed by atoms with Gasteiger partial charge in [0.05, 0.1) is 12.6 Å². The van der Waals surface area contributed by atoms with Gasteiger partial charge in [0, 0.05) is 5.69 Å². The van der Waals surface area contributed by atoms with E-state index in [2.05, 4.69) is 15.4 Å².